The monoisotopic (exact) mass is 290 g/mol. The third kappa shape index (κ3) is 3.06. The van der Waals surface area contributed by atoms with Crippen molar-refractivity contribution < 1.29 is 4.74 Å². The average Bonchev–Trinajstić information content (AvgIpc) is 2.47. The molecule has 0 amide bonds. The number of nitrogens with two attached hydrogens (primary N) is 1. The van der Waals surface area contributed by atoms with Crippen LogP contribution < -0.4 is 15.4 Å². The van der Waals surface area contributed by atoms with Gasteiger partial charge in [-0.25, -0.2) is 0 Å². The maximum Gasteiger partial charge on any atom is 0.137 e. The van der Waals surface area contributed by atoms with Gasteiger partial charge < -0.3 is 15.4 Å². The highest BCUT2D eigenvalue weighted by atomic mass is 35.5. The van der Waals surface area contributed by atoms with Gasteiger partial charge in [-0.15, -0.1) is 0 Å². The van der Waals surface area contributed by atoms with E-state index in [2.05, 4.69) is 17.0 Å². The molecule has 1 unspecified atom stereocenters. The van der Waals surface area contributed by atoms with Crippen LogP contribution in [0.4, 0.5) is 5.69 Å². The van der Waals surface area contributed by atoms with Crippen LogP contribution in [0.25, 0.3) is 0 Å². The summed E-state index contributed by atoms with van der Waals surface area (Å²) in [5.74, 6) is 0.642. The third-order valence-electron chi connectivity index (χ3n) is 3.28. The molecule has 0 aromatic heterocycles. The molecule has 0 aliphatic carbocycles. The maximum atomic E-state index is 6.34. The zero-order valence-corrected chi connectivity index (χ0v) is 12.7. The molecule has 2 aromatic carbocycles. The Kier molecular flexibility index (Phi) is 4.53. The number of halogens is 1. The lowest BCUT2D eigenvalue weighted by Crippen LogP contribution is -2.14. The smallest absolute Gasteiger partial charge is 0.137 e. The van der Waals surface area contributed by atoms with E-state index in [0.29, 0.717) is 10.8 Å². The summed E-state index contributed by atoms with van der Waals surface area (Å²) in [7, 11) is 5.62. The number of nitrogens with zero attached hydrogens (tertiary/aromatic N) is 1. The van der Waals surface area contributed by atoms with E-state index in [-0.39, 0.29) is 6.04 Å². The van der Waals surface area contributed by atoms with Gasteiger partial charge in [0.2, 0.25) is 0 Å². The number of anilines is 1. The molecule has 0 saturated heterocycles. The van der Waals surface area contributed by atoms with E-state index >= 15 is 0 Å². The standard InChI is InChI=1S/C16H19ClN2O/c1-19(2)13-6-4-5-11(9-13)16(18)12-7-8-14(17)15(10-12)20-3/h4-10,16H,18H2,1-3H3. The molecule has 0 bridgehead atoms. The van der Waals surface area contributed by atoms with Gasteiger partial charge >= 0.3 is 0 Å². The SMILES string of the molecule is COc1cc(C(N)c2cccc(N(C)C)c2)ccc1Cl. The van der Waals surface area contributed by atoms with Crippen LogP contribution in [0.5, 0.6) is 5.75 Å². The Balaban J connectivity index is 2.35. The molecule has 1 atom stereocenters. The summed E-state index contributed by atoms with van der Waals surface area (Å²) in [6.07, 6.45) is 0. The molecule has 0 saturated carbocycles. The first kappa shape index (κ1) is 14.7. The van der Waals surface area contributed by atoms with Crippen LogP contribution in [0.3, 0.4) is 0 Å². The van der Waals surface area contributed by atoms with Crippen LogP contribution in [0.2, 0.25) is 5.02 Å². The fraction of sp³-hybridized carbons (Fsp3) is 0.250. The number of hydrogen-bond acceptors (Lipinski definition) is 3. The molecular weight excluding hydrogens is 272 g/mol. The topological polar surface area (TPSA) is 38.5 Å². The third-order valence-corrected chi connectivity index (χ3v) is 3.59. The number of benzene rings is 2. The predicted octanol–water partition coefficient (Wildman–Crippen LogP) is 3.46. The number of hydrogen-bond donors (Lipinski definition) is 1. The zero-order valence-electron chi connectivity index (χ0n) is 11.9. The van der Waals surface area contributed by atoms with Gasteiger partial charge in [-0.2, -0.15) is 0 Å². The lowest BCUT2D eigenvalue weighted by atomic mass is 9.99. The molecule has 0 radical (unpaired) electrons. The molecule has 0 fully saturated rings. The van der Waals surface area contributed by atoms with Crippen LogP contribution >= 0.6 is 11.6 Å². The van der Waals surface area contributed by atoms with Crippen molar-refractivity contribution in [2.45, 2.75) is 6.04 Å². The van der Waals surface area contributed by atoms with Gasteiger partial charge in [0.15, 0.2) is 0 Å². The van der Waals surface area contributed by atoms with Gasteiger partial charge in [0, 0.05) is 19.8 Å². The van der Waals surface area contributed by atoms with Crippen molar-refractivity contribution in [3.8, 4) is 5.75 Å². The molecule has 3 nitrogen and oxygen atoms in total. The molecule has 20 heavy (non-hydrogen) atoms. The Morgan fingerprint density at radius 2 is 1.80 bits per heavy atom. The van der Waals surface area contributed by atoms with Crippen LogP contribution in [-0.4, -0.2) is 21.2 Å². The molecule has 4 heteroatoms. The lowest BCUT2D eigenvalue weighted by Gasteiger charge is -2.18. The highest BCUT2D eigenvalue weighted by Gasteiger charge is 2.12. The summed E-state index contributed by atoms with van der Waals surface area (Å²) in [5.41, 5.74) is 9.50. The Morgan fingerprint density at radius 3 is 2.45 bits per heavy atom. The van der Waals surface area contributed by atoms with Crippen LogP contribution in [0.15, 0.2) is 42.5 Å². The average molecular weight is 291 g/mol. The van der Waals surface area contributed by atoms with Crippen LogP contribution in [-0.2, 0) is 0 Å². The first-order valence-corrected chi connectivity index (χ1v) is 6.77. The predicted molar refractivity (Wildman–Crippen MR) is 84.8 cm³/mol. The summed E-state index contributed by atoms with van der Waals surface area (Å²) < 4.78 is 5.24. The van der Waals surface area contributed by atoms with Crippen molar-refractivity contribution in [1.29, 1.82) is 0 Å². The van der Waals surface area contributed by atoms with Crippen molar-refractivity contribution in [3.05, 3.63) is 58.6 Å². The van der Waals surface area contributed by atoms with Crippen LogP contribution in [0, 0.1) is 0 Å². The second-order valence-electron chi connectivity index (χ2n) is 4.86. The molecule has 2 rings (SSSR count). The summed E-state index contributed by atoms with van der Waals surface area (Å²) in [5, 5.41) is 0.588. The Morgan fingerprint density at radius 1 is 1.10 bits per heavy atom. The van der Waals surface area contributed by atoms with Gasteiger partial charge in [-0.05, 0) is 35.4 Å². The van der Waals surface area contributed by atoms with E-state index in [1.807, 2.05) is 44.4 Å². The Bertz CT molecular complexity index is 599. The van der Waals surface area contributed by atoms with E-state index in [0.717, 1.165) is 16.8 Å². The highest BCUT2D eigenvalue weighted by molar-refractivity contribution is 6.32. The second-order valence-corrected chi connectivity index (χ2v) is 5.27. The van der Waals surface area contributed by atoms with E-state index in [1.54, 1.807) is 7.11 Å². The van der Waals surface area contributed by atoms with Gasteiger partial charge in [0.1, 0.15) is 5.75 Å². The number of rotatable bonds is 4. The summed E-state index contributed by atoms with van der Waals surface area (Å²) in [6.45, 7) is 0. The van der Waals surface area contributed by atoms with Crippen molar-refractivity contribution >= 4 is 17.3 Å². The Labute approximate surface area is 124 Å². The molecule has 0 aliphatic rings. The lowest BCUT2D eigenvalue weighted by molar-refractivity contribution is 0.414. The first-order valence-electron chi connectivity index (χ1n) is 6.39. The molecule has 0 spiro atoms. The van der Waals surface area contributed by atoms with E-state index in [1.165, 1.54) is 0 Å². The molecule has 0 heterocycles. The normalized spacial score (nSPS) is 12.1. The second kappa shape index (κ2) is 6.16. The van der Waals surface area contributed by atoms with Crippen molar-refractivity contribution in [3.63, 3.8) is 0 Å². The molecule has 0 aliphatic heterocycles. The number of methoxy groups -OCH3 is 1. The van der Waals surface area contributed by atoms with Gasteiger partial charge in [-0.1, -0.05) is 29.8 Å². The molecule has 106 valence electrons. The fourth-order valence-corrected chi connectivity index (χ4v) is 2.25. The first-order chi connectivity index (χ1) is 9.52. The minimum Gasteiger partial charge on any atom is -0.495 e. The highest BCUT2D eigenvalue weighted by Crippen LogP contribution is 2.30. The van der Waals surface area contributed by atoms with E-state index in [4.69, 9.17) is 22.1 Å². The van der Waals surface area contributed by atoms with E-state index < -0.39 is 0 Å². The summed E-state index contributed by atoms with van der Waals surface area (Å²) in [4.78, 5) is 2.05. The van der Waals surface area contributed by atoms with Crippen molar-refractivity contribution in [1.82, 2.24) is 0 Å². The molecule has 2 aromatic rings. The van der Waals surface area contributed by atoms with E-state index in [9.17, 15) is 0 Å². The van der Waals surface area contributed by atoms with Crippen LogP contribution in [0.1, 0.15) is 17.2 Å². The summed E-state index contributed by atoms with van der Waals surface area (Å²) >= 11 is 6.04. The van der Waals surface area contributed by atoms with Crippen molar-refractivity contribution in [2.75, 3.05) is 26.1 Å². The molecule has 2 N–H and O–H groups in total. The number of ether oxygens (including phenoxy) is 1. The minimum absolute atomic E-state index is 0.207. The minimum atomic E-state index is -0.207. The Hall–Kier alpha value is -1.71. The zero-order chi connectivity index (χ0) is 14.7. The van der Waals surface area contributed by atoms with Gasteiger partial charge in [-0.3, -0.25) is 0 Å². The maximum absolute atomic E-state index is 6.34. The quantitative estimate of drug-likeness (QED) is 0.937. The van der Waals surface area contributed by atoms with Crippen molar-refractivity contribution in [2.24, 2.45) is 5.73 Å². The van der Waals surface area contributed by atoms with Gasteiger partial charge in [0.25, 0.3) is 0 Å². The fourth-order valence-electron chi connectivity index (χ4n) is 2.06. The van der Waals surface area contributed by atoms with Gasteiger partial charge in [0.05, 0.1) is 18.2 Å². The molecular formula is C16H19ClN2O. The largest absolute Gasteiger partial charge is 0.495 e. The summed E-state index contributed by atoms with van der Waals surface area (Å²) in [6, 6.07) is 13.6.